The lowest BCUT2D eigenvalue weighted by Crippen LogP contribution is -2.53. The Kier molecular flexibility index (Phi) is 8.08. The Morgan fingerprint density at radius 1 is 0.973 bits per heavy atom. The molecule has 0 bridgehead atoms. The molecule has 1 heterocycles. The van der Waals surface area contributed by atoms with Crippen molar-refractivity contribution in [2.45, 2.75) is 57.5 Å². The van der Waals surface area contributed by atoms with Gasteiger partial charge in [-0.25, -0.2) is 27.7 Å². The van der Waals surface area contributed by atoms with Gasteiger partial charge in [0.15, 0.2) is 11.6 Å². The maximum atomic E-state index is 15.7. The first kappa shape index (κ1) is 29.7. The van der Waals surface area contributed by atoms with Gasteiger partial charge in [0.05, 0.1) is 17.6 Å². The maximum absolute atomic E-state index is 15.7. The Bertz CT molecular complexity index is 1180. The van der Waals surface area contributed by atoms with Gasteiger partial charge in [0.25, 0.3) is 0 Å². The molecule has 2 aromatic rings. The van der Waals surface area contributed by atoms with Crippen molar-refractivity contribution in [1.29, 1.82) is 0 Å². The zero-order valence-electron chi connectivity index (χ0n) is 20.4. The molecule has 37 heavy (non-hydrogen) atoms. The molecule has 0 aliphatic heterocycles. The van der Waals surface area contributed by atoms with Gasteiger partial charge in [0.1, 0.15) is 22.8 Å². The number of aromatic nitrogens is 1. The fraction of sp³-hybridized carbons (Fsp3) is 0.435. The number of rotatable bonds is 6. The number of benzene rings is 1. The van der Waals surface area contributed by atoms with Gasteiger partial charge < -0.3 is 25.6 Å². The van der Waals surface area contributed by atoms with Crippen LogP contribution in [0.1, 0.15) is 45.9 Å². The average molecular weight is 537 g/mol. The van der Waals surface area contributed by atoms with Crippen LogP contribution in [0.3, 0.4) is 0 Å². The predicted molar refractivity (Wildman–Crippen MR) is 118 cm³/mol. The van der Waals surface area contributed by atoms with Gasteiger partial charge in [-0.1, -0.05) is 0 Å². The van der Waals surface area contributed by atoms with E-state index in [-0.39, 0.29) is 5.56 Å². The van der Waals surface area contributed by atoms with E-state index >= 15 is 8.78 Å². The van der Waals surface area contributed by atoms with Crippen LogP contribution in [0.4, 0.5) is 35.9 Å². The summed E-state index contributed by atoms with van der Waals surface area (Å²) in [5, 5.41) is 23.3. The molecule has 0 saturated carbocycles. The van der Waals surface area contributed by atoms with Gasteiger partial charge >= 0.3 is 18.4 Å². The summed E-state index contributed by atoms with van der Waals surface area (Å²) in [5.41, 5.74) is -11.8. The summed E-state index contributed by atoms with van der Waals surface area (Å²) >= 11 is 0. The normalized spacial score (nSPS) is 14.1. The molecular formula is C23H25F6N3O5. The van der Waals surface area contributed by atoms with Crippen molar-refractivity contribution in [2.24, 2.45) is 0 Å². The van der Waals surface area contributed by atoms with Crippen LogP contribution in [0.5, 0.6) is 0 Å². The monoisotopic (exact) mass is 537 g/mol. The minimum Gasteiger partial charge on any atom is -0.465 e. The van der Waals surface area contributed by atoms with Gasteiger partial charge in [-0.15, -0.1) is 0 Å². The molecule has 4 N–H and O–H groups in total. The fourth-order valence-corrected chi connectivity index (χ4v) is 3.33. The summed E-state index contributed by atoms with van der Waals surface area (Å²) in [4.78, 5) is 26.6. The van der Waals surface area contributed by atoms with E-state index in [4.69, 9.17) is 9.84 Å². The lowest BCUT2D eigenvalue weighted by molar-refractivity contribution is -0.266. The number of carboxylic acid groups (broad SMARTS) is 1. The lowest BCUT2D eigenvalue weighted by Gasteiger charge is -2.34. The highest BCUT2D eigenvalue weighted by Gasteiger charge is 2.59. The van der Waals surface area contributed by atoms with Crippen molar-refractivity contribution in [3.8, 4) is 11.3 Å². The van der Waals surface area contributed by atoms with E-state index in [0.29, 0.717) is 0 Å². The smallest absolute Gasteiger partial charge is 0.424 e. The van der Waals surface area contributed by atoms with E-state index in [2.05, 4.69) is 4.98 Å². The van der Waals surface area contributed by atoms with Gasteiger partial charge in [-0.05, 0) is 58.9 Å². The molecule has 1 atom stereocenters. The Balaban J connectivity index is 2.84. The number of nitrogens with one attached hydrogen (secondary N) is 2. The summed E-state index contributed by atoms with van der Waals surface area (Å²) in [7, 11) is 0. The van der Waals surface area contributed by atoms with E-state index in [1.807, 2.05) is 0 Å². The van der Waals surface area contributed by atoms with Crippen molar-refractivity contribution < 1.29 is 50.9 Å². The number of nitrogens with zero attached hydrogens (tertiary/aromatic N) is 1. The molecule has 0 saturated heterocycles. The maximum Gasteiger partial charge on any atom is 0.424 e. The Hall–Kier alpha value is -3.55. The van der Waals surface area contributed by atoms with Crippen molar-refractivity contribution >= 4 is 12.2 Å². The number of hydrogen-bond acceptors (Lipinski definition) is 5. The van der Waals surface area contributed by atoms with Crippen LogP contribution < -0.4 is 10.6 Å². The molecule has 8 nitrogen and oxygen atoms in total. The summed E-state index contributed by atoms with van der Waals surface area (Å²) in [6.07, 6.45) is -8.83. The molecule has 0 fully saturated rings. The zero-order valence-corrected chi connectivity index (χ0v) is 20.4. The van der Waals surface area contributed by atoms with Crippen LogP contribution >= 0.6 is 0 Å². The average Bonchev–Trinajstić information content (AvgIpc) is 2.70. The third-order valence-electron chi connectivity index (χ3n) is 4.99. The molecule has 1 aromatic carbocycles. The van der Waals surface area contributed by atoms with Crippen molar-refractivity contribution in [3.05, 3.63) is 53.0 Å². The first-order valence-corrected chi connectivity index (χ1v) is 10.6. The number of amides is 2. The van der Waals surface area contributed by atoms with Gasteiger partial charge in [-0.2, -0.15) is 13.2 Å². The minimum atomic E-state index is -5.69. The van der Waals surface area contributed by atoms with E-state index in [0.717, 1.165) is 38.1 Å². The second-order valence-electron chi connectivity index (χ2n) is 9.59. The number of hydrogen-bond donors (Lipinski definition) is 4. The SMILES string of the molecule is CC(C)(C)OC(=O)NCC(O)(c1nc(-c2ccc(F)cc2)c(F)c(C(C)(C)NC(=O)O)c1F)C(F)(F)F. The number of aliphatic hydroxyl groups is 1. The van der Waals surface area contributed by atoms with Crippen molar-refractivity contribution in [1.82, 2.24) is 15.6 Å². The number of carbonyl (C=O) groups is 2. The van der Waals surface area contributed by atoms with Crippen molar-refractivity contribution in [3.63, 3.8) is 0 Å². The second-order valence-corrected chi connectivity index (χ2v) is 9.59. The van der Waals surface area contributed by atoms with Gasteiger partial charge in [0.2, 0.25) is 5.60 Å². The summed E-state index contributed by atoms with van der Waals surface area (Å²) in [5.74, 6) is -4.36. The number of ether oxygens (including phenoxy) is 1. The molecule has 14 heteroatoms. The van der Waals surface area contributed by atoms with E-state index in [9.17, 15) is 32.3 Å². The number of alkyl halides is 3. The topological polar surface area (TPSA) is 121 Å². The lowest BCUT2D eigenvalue weighted by atomic mass is 9.87. The van der Waals surface area contributed by atoms with E-state index < -0.39 is 76.1 Å². The Morgan fingerprint density at radius 2 is 1.51 bits per heavy atom. The molecular weight excluding hydrogens is 512 g/mol. The molecule has 1 unspecified atom stereocenters. The fourth-order valence-electron chi connectivity index (χ4n) is 3.33. The highest BCUT2D eigenvalue weighted by atomic mass is 19.4. The van der Waals surface area contributed by atoms with Gasteiger partial charge in [-0.3, -0.25) is 0 Å². The summed E-state index contributed by atoms with van der Waals surface area (Å²) in [6.45, 7) is 4.49. The third kappa shape index (κ3) is 6.61. The van der Waals surface area contributed by atoms with Crippen LogP contribution in [0.25, 0.3) is 11.3 Å². The molecule has 0 spiro atoms. The molecule has 0 radical (unpaired) electrons. The molecule has 1 aromatic heterocycles. The van der Waals surface area contributed by atoms with Crippen LogP contribution in [0, 0.1) is 17.5 Å². The van der Waals surface area contributed by atoms with Gasteiger partial charge in [0, 0.05) is 5.56 Å². The van der Waals surface area contributed by atoms with Crippen LogP contribution in [0.15, 0.2) is 24.3 Å². The van der Waals surface area contributed by atoms with Crippen LogP contribution in [-0.2, 0) is 15.9 Å². The van der Waals surface area contributed by atoms with E-state index in [1.165, 1.54) is 20.8 Å². The first-order chi connectivity index (χ1) is 16.7. The molecule has 0 aliphatic carbocycles. The number of pyridine rings is 1. The minimum absolute atomic E-state index is 0.308. The molecule has 2 rings (SSSR count). The van der Waals surface area contributed by atoms with Crippen LogP contribution in [-0.4, -0.2) is 45.7 Å². The number of alkyl carbamates (subject to hydrolysis) is 1. The van der Waals surface area contributed by atoms with Crippen LogP contribution in [0.2, 0.25) is 0 Å². The summed E-state index contributed by atoms with van der Waals surface area (Å²) < 4.78 is 92.0. The first-order valence-electron chi connectivity index (χ1n) is 10.6. The largest absolute Gasteiger partial charge is 0.465 e. The predicted octanol–water partition coefficient (Wildman–Crippen LogP) is 4.94. The van der Waals surface area contributed by atoms with Crippen molar-refractivity contribution in [2.75, 3.05) is 6.54 Å². The number of carbonyl (C=O) groups excluding carboxylic acids is 1. The Morgan fingerprint density at radius 3 is 1.97 bits per heavy atom. The van der Waals surface area contributed by atoms with E-state index in [1.54, 1.807) is 10.6 Å². The highest BCUT2D eigenvalue weighted by Crippen LogP contribution is 2.43. The second kappa shape index (κ2) is 10.1. The third-order valence-corrected chi connectivity index (χ3v) is 4.99. The number of halogens is 6. The quantitative estimate of drug-likeness (QED) is 0.388. The molecule has 0 aliphatic rings. The zero-order chi connectivity index (χ0) is 28.6. The summed E-state index contributed by atoms with van der Waals surface area (Å²) in [6, 6.07) is 3.55. The molecule has 2 amide bonds. The highest BCUT2D eigenvalue weighted by molar-refractivity contribution is 5.68. The standard InChI is InChI=1S/C23H25F6N3O5/c1-20(2,3)37-19(35)30-10-22(36,23(27,28)29)17-15(26)13(21(4,5)32-18(33)34)14(25)16(31-17)11-6-8-12(24)9-7-11/h6-9,32,36H,10H2,1-5H3,(H,30,35)(H,33,34). The molecule has 204 valence electrons. The Labute approximate surface area is 207 Å².